The van der Waals surface area contributed by atoms with Gasteiger partial charge in [0.2, 0.25) is 0 Å². The molecule has 0 bridgehead atoms. The third kappa shape index (κ3) is 3.44. The van der Waals surface area contributed by atoms with Crippen LogP contribution in [0.3, 0.4) is 0 Å². The van der Waals surface area contributed by atoms with Gasteiger partial charge in [0.1, 0.15) is 9.79 Å². The Hall–Kier alpha value is -0.560. The van der Waals surface area contributed by atoms with E-state index in [0.29, 0.717) is 5.39 Å². The van der Waals surface area contributed by atoms with Crippen molar-refractivity contribution in [2.24, 2.45) is 0 Å². The Morgan fingerprint density at radius 1 is 0.857 bits per heavy atom. The number of hydrogen-bond acceptors (Lipinski definition) is 8. The van der Waals surface area contributed by atoms with Crippen LogP contribution in [0.5, 0.6) is 0 Å². The van der Waals surface area contributed by atoms with E-state index in [9.17, 15) is 16.8 Å². The quantitative estimate of drug-likeness (QED) is 0.382. The van der Waals surface area contributed by atoms with Crippen LogP contribution in [0, 0.1) is 0 Å². The smallest absolute Gasteiger partial charge is 1.00 e. The second kappa shape index (κ2) is 6.69. The largest absolute Gasteiger partial charge is 1.00 e. The number of fused-ring (bicyclic) bond motifs is 1. The topological polar surface area (TPSA) is 127 Å². The Morgan fingerprint density at radius 3 is 2.00 bits per heavy atom. The SMILES string of the molecule is O=S(=O)(OO)c1ccc2ccccc2c1S(=O)(=O)OO.[H-].[Na+]. The maximum Gasteiger partial charge on any atom is 1.00 e. The molecule has 11 heteroatoms. The Morgan fingerprint density at radius 2 is 1.43 bits per heavy atom. The van der Waals surface area contributed by atoms with Crippen LogP contribution in [-0.2, 0) is 28.9 Å². The summed E-state index contributed by atoms with van der Waals surface area (Å²) in [5, 5.41) is 17.3. The Labute approximate surface area is 143 Å². The molecule has 0 unspecified atom stereocenters. The predicted octanol–water partition coefficient (Wildman–Crippen LogP) is -1.69. The molecule has 0 saturated heterocycles. The van der Waals surface area contributed by atoms with Gasteiger partial charge in [0.25, 0.3) is 0 Å². The van der Waals surface area contributed by atoms with Gasteiger partial charge in [0, 0.05) is 5.39 Å². The Balaban J connectivity index is 0.00000220. The van der Waals surface area contributed by atoms with Gasteiger partial charge in [0.05, 0.1) is 0 Å². The molecular formula is C10H9NaO8S2. The van der Waals surface area contributed by atoms with Crippen molar-refractivity contribution in [2.75, 3.05) is 0 Å². The van der Waals surface area contributed by atoms with Gasteiger partial charge in [-0.25, -0.2) is 10.5 Å². The molecule has 8 nitrogen and oxygen atoms in total. The van der Waals surface area contributed by atoms with Gasteiger partial charge >= 0.3 is 49.8 Å². The first-order valence-corrected chi connectivity index (χ1v) is 7.83. The summed E-state index contributed by atoms with van der Waals surface area (Å²) in [4.78, 5) is -1.68. The van der Waals surface area contributed by atoms with Gasteiger partial charge in [-0.2, -0.15) is 16.8 Å². The molecule has 2 aromatic carbocycles. The third-order valence-corrected chi connectivity index (χ3v) is 4.90. The first-order chi connectivity index (χ1) is 9.33. The minimum absolute atomic E-state index is 0. The van der Waals surface area contributed by atoms with E-state index in [2.05, 4.69) is 8.67 Å². The van der Waals surface area contributed by atoms with Crippen LogP contribution in [-0.4, -0.2) is 27.4 Å². The normalized spacial score (nSPS) is 12.1. The van der Waals surface area contributed by atoms with E-state index in [1.165, 1.54) is 24.3 Å². The van der Waals surface area contributed by atoms with Crippen molar-refractivity contribution in [1.82, 2.24) is 0 Å². The zero-order chi connectivity index (χ0) is 15.0. The molecule has 0 amide bonds. The molecule has 0 aliphatic heterocycles. The summed E-state index contributed by atoms with van der Waals surface area (Å²) < 4.78 is 53.3. The standard InChI is InChI=1S/C10H8O8S2.Na.H/c11-17-19(13,14)9-6-5-7-3-1-2-4-8(7)10(9)20(15,16)18-12;;/h1-6,11-12H;;/q;+1;-1. The van der Waals surface area contributed by atoms with Crippen molar-refractivity contribution in [3.05, 3.63) is 36.4 Å². The van der Waals surface area contributed by atoms with E-state index < -0.39 is 30.0 Å². The van der Waals surface area contributed by atoms with Gasteiger partial charge in [-0.15, -0.1) is 8.67 Å². The van der Waals surface area contributed by atoms with Gasteiger partial charge in [-0.05, 0) is 11.5 Å². The molecule has 0 spiro atoms. The molecule has 2 aromatic rings. The summed E-state index contributed by atoms with van der Waals surface area (Å²) >= 11 is 0. The van der Waals surface area contributed by atoms with Crippen molar-refractivity contribution in [3.63, 3.8) is 0 Å². The van der Waals surface area contributed by atoms with Gasteiger partial charge in [-0.1, -0.05) is 30.3 Å². The van der Waals surface area contributed by atoms with Crippen molar-refractivity contribution in [1.29, 1.82) is 0 Å². The van der Waals surface area contributed by atoms with Crippen molar-refractivity contribution >= 4 is 31.0 Å². The van der Waals surface area contributed by atoms with Gasteiger partial charge in [0.15, 0.2) is 0 Å². The molecule has 0 saturated carbocycles. The first-order valence-electron chi connectivity index (χ1n) is 5.01. The molecule has 2 N–H and O–H groups in total. The van der Waals surface area contributed by atoms with Crippen molar-refractivity contribution in [3.8, 4) is 0 Å². The number of benzene rings is 2. The molecule has 0 radical (unpaired) electrons. The average molecular weight is 344 g/mol. The predicted molar refractivity (Wildman–Crippen MR) is 66.9 cm³/mol. The fourth-order valence-corrected chi connectivity index (χ4v) is 3.86. The van der Waals surface area contributed by atoms with E-state index in [1.807, 2.05) is 0 Å². The van der Waals surface area contributed by atoms with Crippen molar-refractivity contribution < 1.29 is 67.0 Å². The molecule has 0 aliphatic rings. The zero-order valence-corrected chi connectivity index (χ0v) is 14.3. The Bertz CT molecular complexity index is 866. The van der Waals surface area contributed by atoms with E-state index in [-0.39, 0.29) is 36.4 Å². The van der Waals surface area contributed by atoms with Crippen LogP contribution < -0.4 is 29.6 Å². The molecule has 0 atom stereocenters. The van der Waals surface area contributed by atoms with Crippen molar-refractivity contribution in [2.45, 2.75) is 9.79 Å². The van der Waals surface area contributed by atoms with E-state index in [0.717, 1.165) is 6.07 Å². The fraction of sp³-hybridized carbons (Fsp3) is 0. The molecule has 0 aliphatic carbocycles. The average Bonchev–Trinajstić information content (AvgIpc) is 2.45. The van der Waals surface area contributed by atoms with E-state index >= 15 is 0 Å². The number of rotatable bonds is 4. The van der Waals surface area contributed by atoms with Gasteiger partial charge < -0.3 is 1.43 Å². The number of hydrogen-bond donors (Lipinski definition) is 2. The molecule has 0 aromatic heterocycles. The van der Waals surface area contributed by atoms with Crippen LogP contribution >= 0.6 is 0 Å². The minimum atomic E-state index is -4.76. The molecule has 21 heavy (non-hydrogen) atoms. The monoisotopic (exact) mass is 344 g/mol. The van der Waals surface area contributed by atoms with Crippen LogP contribution in [0.15, 0.2) is 46.2 Å². The second-order valence-electron chi connectivity index (χ2n) is 3.67. The summed E-state index contributed by atoms with van der Waals surface area (Å²) in [5.41, 5.74) is 0. The van der Waals surface area contributed by atoms with Crippen LogP contribution in [0.1, 0.15) is 1.43 Å². The fourth-order valence-electron chi connectivity index (χ4n) is 1.76. The molecule has 0 fully saturated rings. The summed E-state index contributed by atoms with van der Waals surface area (Å²) in [6, 6.07) is 8.15. The first kappa shape index (κ1) is 18.5. The maximum atomic E-state index is 11.7. The van der Waals surface area contributed by atoms with Crippen LogP contribution in [0.25, 0.3) is 10.8 Å². The summed E-state index contributed by atoms with van der Waals surface area (Å²) in [7, 11) is -9.49. The van der Waals surface area contributed by atoms with Crippen LogP contribution in [0.4, 0.5) is 0 Å². The minimum Gasteiger partial charge on any atom is -1.00 e. The van der Waals surface area contributed by atoms with Crippen LogP contribution in [0.2, 0.25) is 0 Å². The maximum absolute atomic E-state index is 11.7. The Kier molecular flexibility index (Phi) is 5.89. The zero-order valence-electron chi connectivity index (χ0n) is 11.6. The summed E-state index contributed by atoms with van der Waals surface area (Å²) in [6.07, 6.45) is 0. The second-order valence-corrected chi connectivity index (χ2v) is 6.63. The summed E-state index contributed by atoms with van der Waals surface area (Å²) in [5.74, 6) is 0. The molecule has 0 heterocycles. The molecule has 110 valence electrons. The van der Waals surface area contributed by atoms with E-state index in [4.69, 9.17) is 10.5 Å². The van der Waals surface area contributed by atoms with E-state index in [1.54, 1.807) is 6.07 Å². The molecule has 2 rings (SSSR count). The van der Waals surface area contributed by atoms with Gasteiger partial charge in [-0.3, -0.25) is 0 Å². The summed E-state index contributed by atoms with van der Waals surface area (Å²) in [6.45, 7) is 0. The third-order valence-electron chi connectivity index (χ3n) is 2.56. The molecular weight excluding hydrogens is 335 g/mol.